The topological polar surface area (TPSA) is 27.7 Å². The van der Waals surface area contributed by atoms with Crippen molar-refractivity contribution in [1.29, 1.82) is 0 Å². The average Bonchev–Trinajstić information content (AvgIpc) is 2.83. The number of rotatable bonds is 12. The molecule has 0 N–H and O–H groups in total. The van der Waals surface area contributed by atoms with Gasteiger partial charge in [0, 0.05) is 11.5 Å². The van der Waals surface area contributed by atoms with Gasteiger partial charge in [0.05, 0.1) is 19.8 Å². The highest BCUT2D eigenvalue weighted by molar-refractivity contribution is 5.32. The van der Waals surface area contributed by atoms with Gasteiger partial charge in [-0.2, -0.15) is 4.39 Å². The summed E-state index contributed by atoms with van der Waals surface area (Å²) in [7, 11) is 0. The Balaban J connectivity index is 1.52. The van der Waals surface area contributed by atoms with Gasteiger partial charge in [-0.3, -0.25) is 0 Å². The third kappa shape index (κ3) is 6.76. The van der Waals surface area contributed by atoms with Crippen LogP contribution in [0.4, 0.5) is 8.78 Å². The minimum atomic E-state index is -0.983. The van der Waals surface area contributed by atoms with Crippen LogP contribution in [0.15, 0.2) is 36.4 Å². The minimum absolute atomic E-state index is 0.0641. The van der Waals surface area contributed by atoms with E-state index in [4.69, 9.17) is 14.2 Å². The van der Waals surface area contributed by atoms with Crippen LogP contribution in [-0.4, -0.2) is 19.8 Å². The van der Waals surface area contributed by atoms with Gasteiger partial charge in [0.15, 0.2) is 17.9 Å². The lowest BCUT2D eigenvalue weighted by Gasteiger charge is -2.30. The van der Waals surface area contributed by atoms with Crippen LogP contribution in [0.2, 0.25) is 0 Å². The molecule has 1 aliphatic rings. The Morgan fingerprint density at radius 3 is 2.19 bits per heavy atom. The van der Waals surface area contributed by atoms with Crippen LogP contribution in [-0.2, 0) is 15.9 Å². The fourth-order valence-corrected chi connectivity index (χ4v) is 3.96. The molecule has 1 heterocycles. The molecule has 3 nitrogen and oxygen atoms in total. The number of halogens is 2. The van der Waals surface area contributed by atoms with Crippen molar-refractivity contribution in [3.05, 3.63) is 64.7 Å². The smallest absolute Gasteiger partial charge is 0.201 e. The van der Waals surface area contributed by atoms with E-state index in [1.54, 1.807) is 0 Å². The van der Waals surface area contributed by atoms with Gasteiger partial charge in [0.1, 0.15) is 0 Å². The summed E-state index contributed by atoms with van der Waals surface area (Å²) < 4.78 is 46.0. The van der Waals surface area contributed by atoms with E-state index in [0.717, 1.165) is 31.2 Å². The highest BCUT2D eigenvalue weighted by Gasteiger charge is 2.28. The van der Waals surface area contributed by atoms with Crippen LogP contribution in [0.1, 0.15) is 87.7 Å². The first kappa shape index (κ1) is 24.7. The molecule has 0 radical (unpaired) electrons. The van der Waals surface area contributed by atoms with Crippen molar-refractivity contribution < 1.29 is 23.0 Å². The first-order valence-electron chi connectivity index (χ1n) is 12.1. The SMILES string of the molecule is CCCCCCc1ccc(C2COC(c3ccc(OCCCCC)c(F)c3F)OC2)cc1. The number of aryl methyl sites for hydroxylation is 1. The molecular weight excluding hydrogens is 410 g/mol. The first-order valence-corrected chi connectivity index (χ1v) is 12.1. The van der Waals surface area contributed by atoms with Gasteiger partial charge in [0.2, 0.25) is 5.82 Å². The second kappa shape index (κ2) is 12.9. The van der Waals surface area contributed by atoms with E-state index in [1.807, 2.05) is 0 Å². The van der Waals surface area contributed by atoms with Gasteiger partial charge < -0.3 is 14.2 Å². The maximum absolute atomic E-state index is 14.6. The number of ether oxygens (including phenoxy) is 3. The van der Waals surface area contributed by atoms with Crippen LogP contribution in [0.25, 0.3) is 0 Å². The fourth-order valence-electron chi connectivity index (χ4n) is 3.96. The predicted molar refractivity (Wildman–Crippen MR) is 123 cm³/mol. The maximum atomic E-state index is 14.6. The standard InChI is InChI=1S/C27H36F2O3/c1-3-5-7-8-10-20-11-13-21(14-12-20)22-18-31-27(32-19-22)23-15-16-24(26(29)25(23)28)30-17-9-6-4-2/h11-16,22,27H,3-10,17-19H2,1-2H3. The van der Waals surface area contributed by atoms with E-state index < -0.39 is 17.9 Å². The number of hydrogen-bond acceptors (Lipinski definition) is 3. The highest BCUT2D eigenvalue weighted by atomic mass is 19.2. The Labute approximate surface area is 191 Å². The highest BCUT2D eigenvalue weighted by Crippen LogP contribution is 2.34. The molecule has 176 valence electrons. The molecule has 2 aromatic rings. The molecule has 0 unspecified atom stereocenters. The lowest BCUT2D eigenvalue weighted by Crippen LogP contribution is -2.26. The largest absolute Gasteiger partial charge is 0.490 e. The van der Waals surface area contributed by atoms with Crippen molar-refractivity contribution in [1.82, 2.24) is 0 Å². The lowest BCUT2D eigenvalue weighted by atomic mass is 9.97. The Kier molecular flexibility index (Phi) is 9.94. The van der Waals surface area contributed by atoms with Crippen molar-refractivity contribution in [3.63, 3.8) is 0 Å². The summed E-state index contributed by atoms with van der Waals surface area (Å²) in [5, 5.41) is 0. The van der Waals surface area contributed by atoms with E-state index in [2.05, 4.69) is 38.1 Å². The second-order valence-electron chi connectivity index (χ2n) is 8.58. The number of benzene rings is 2. The molecule has 1 saturated heterocycles. The molecular formula is C27H36F2O3. The van der Waals surface area contributed by atoms with Crippen molar-refractivity contribution in [2.45, 2.75) is 77.4 Å². The summed E-state index contributed by atoms with van der Waals surface area (Å²) in [6.45, 7) is 5.47. The van der Waals surface area contributed by atoms with Gasteiger partial charge in [-0.1, -0.05) is 70.2 Å². The molecule has 0 aromatic heterocycles. The van der Waals surface area contributed by atoms with Gasteiger partial charge in [-0.15, -0.1) is 0 Å². The summed E-state index contributed by atoms with van der Waals surface area (Å²) in [6.07, 6.45) is 8.06. The molecule has 1 aliphatic heterocycles. The minimum Gasteiger partial charge on any atom is -0.490 e. The maximum Gasteiger partial charge on any atom is 0.201 e. The van der Waals surface area contributed by atoms with Crippen LogP contribution >= 0.6 is 0 Å². The molecule has 0 spiro atoms. The van der Waals surface area contributed by atoms with Gasteiger partial charge in [-0.05, 0) is 42.5 Å². The van der Waals surface area contributed by atoms with Gasteiger partial charge in [0.25, 0.3) is 0 Å². The van der Waals surface area contributed by atoms with Crippen molar-refractivity contribution in [2.75, 3.05) is 19.8 Å². The van der Waals surface area contributed by atoms with Gasteiger partial charge in [-0.25, -0.2) is 4.39 Å². The molecule has 32 heavy (non-hydrogen) atoms. The summed E-state index contributed by atoms with van der Waals surface area (Å²) in [5.74, 6) is -1.93. The fraction of sp³-hybridized carbons (Fsp3) is 0.556. The zero-order chi connectivity index (χ0) is 22.8. The lowest BCUT2D eigenvalue weighted by molar-refractivity contribution is -0.193. The molecule has 0 saturated carbocycles. The van der Waals surface area contributed by atoms with Crippen molar-refractivity contribution in [3.8, 4) is 5.75 Å². The molecule has 0 amide bonds. The van der Waals surface area contributed by atoms with E-state index in [9.17, 15) is 8.78 Å². The monoisotopic (exact) mass is 446 g/mol. The van der Waals surface area contributed by atoms with E-state index >= 15 is 0 Å². The molecule has 0 bridgehead atoms. The van der Waals surface area contributed by atoms with Crippen molar-refractivity contribution in [2.24, 2.45) is 0 Å². The van der Waals surface area contributed by atoms with E-state index in [-0.39, 0.29) is 17.2 Å². The zero-order valence-electron chi connectivity index (χ0n) is 19.4. The molecule has 5 heteroatoms. The number of hydrogen-bond donors (Lipinski definition) is 0. The molecule has 0 aliphatic carbocycles. The molecule has 1 fully saturated rings. The Hall–Kier alpha value is -1.98. The van der Waals surface area contributed by atoms with E-state index in [1.165, 1.54) is 43.4 Å². The molecule has 3 rings (SSSR count). The Bertz CT molecular complexity index is 814. The van der Waals surface area contributed by atoms with Crippen LogP contribution in [0.3, 0.4) is 0 Å². The quantitative estimate of drug-likeness (QED) is 0.316. The predicted octanol–water partition coefficient (Wildman–Crippen LogP) is 7.49. The van der Waals surface area contributed by atoms with Gasteiger partial charge >= 0.3 is 0 Å². The van der Waals surface area contributed by atoms with Crippen LogP contribution < -0.4 is 4.74 Å². The Morgan fingerprint density at radius 1 is 0.812 bits per heavy atom. The van der Waals surface area contributed by atoms with E-state index in [0.29, 0.717) is 19.8 Å². The third-order valence-electron chi connectivity index (χ3n) is 6.00. The third-order valence-corrected chi connectivity index (χ3v) is 6.00. The summed E-state index contributed by atoms with van der Waals surface area (Å²) in [5.41, 5.74) is 2.56. The van der Waals surface area contributed by atoms with Crippen LogP contribution in [0.5, 0.6) is 5.75 Å². The number of unbranched alkanes of at least 4 members (excludes halogenated alkanes) is 5. The van der Waals surface area contributed by atoms with Crippen LogP contribution in [0, 0.1) is 11.6 Å². The summed E-state index contributed by atoms with van der Waals surface area (Å²) in [6, 6.07) is 11.5. The van der Waals surface area contributed by atoms with Crippen molar-refractivity contribution >= 4 is 0 Å². The summed E-state index contributed by atoms with van der Waals surface area (Å²) in [4.78, 5) is 0. The second-order valence-corrected chi connectivity index (χ2v) is 8.58. The Morgan fingerprint density at radius 2 is 1.50 bits per heavy atom. The average molecular weight is 447 g/mol. The first-order chi connectivity index (χ1) is 15.6. The molecule has 2 aromatic carbocycles. The summed E-state index contributed by atoms with van der Waals surface area (Å²) >= 11 is 0. The molecule has 0 atom stereocenters. The zero-order valence-corrected chi connectivity index (χ0v) is 19.4. The normalized spacial score (nSPS) is 18.6.